The Morgan fingerprint density at radius 1 is 1.05 bits per heavy atom. The summed E-state index contributed by atoms with van der Waals surface area (Å²) in [7, 11) is 1.66. The van der Waals surface area contributed by atoms with Gasteiger partial charge in [0.25, 0.3) is 0 Å². The number of aromatic nitrogens is 4. The Balaban J connectivity index is 1.79. The second-order valence-electron chi connectivity index (χ2n) is 4.42. The Morgan fingerprint density at radius 3 is 2.62 bits per heavy atom. The van der Waals surface area contributed by atoms with Gasteiger partial charge in [0.1, 0.15) is 5.75 Å². The van der Waals surface area contributed by atoms with Crippen molar-refractivity contribution in [2.75, 3.05) is 12.4 Å². The Kier molecular flexibility index (Phi) is 3.77. The summed E-state index contributed by atoms with van der Waals surface area (Å²) in [5, 5.41) is 15.0. The number of ether oxygens (including phenoxy) is 1. The first-order chi connectivity index (χ1) is 10.4. The zero-order valence-electron chi connectivity index (χ0n) is 11.6. The minimum atomic E-state index is 0.581. The van der Waals surface area contributed by atoms with Gasteiger partial charge in [-0.1, -0.05) is 41.5 Å². The van der Waals surface area contributed by atoms with Crippen LogP contribution in [0, 0.1) is 0 Å². The molecule has 0 bridgehead atoms. The third kappa shape index (κ3) is 2.84. The summed E-state index contributed by atoms with van der Waals surface area (Å²) < 4.78 is 6.99. The average molecular weight is 281 g/mol. The van der Waals surface area contributed by atoms with Crippen LogP contribution in [0.1, 0.15) is 5.56 Å². The topological polar surface area (TPSA) is 64.9 Å². The number of nitrogens with one attached hydrogen (secondary N) is 1. The van der Waals surface area contributed by atoms with E-state index in [1.165, 1.54) is 0 Å². The molecule has 6 nitrogen and oxygen atoms in total. The van der Waals surface area contributed by atoms with Crippen LogP contribution in [0.25, 0.3) is 5.69 Å². The molecule has 2 aromatic carbocycles. The molecule has 3 rings (SSSR count). The van der Waals surface area contributed by atoms with Crippen LogP contribution in [0.2, 0.25) is 0 Å². The van der Waals surface area contributed by atoms with E-state index in [2.05, 4.69) is 20.8 Å². The van der Waals surface area contributed by atoms with Crippen molar-refractivity contribution in [3.63, 3.8) is 0 Å². The first-order valence-electron chi connectivity index (χ1n) is 6.58. The molecule has 0 aliphatic carbocycles. The molecule has 1 heterocycles. The molecule has 0 fully saturated rings. The molecule has 0 unspecified atom stereocenters. The van der Waals surface area contributed by atoms with Crippen LogP contribution in [0.5, 0.6) is 5.75 Å². The van der Waals surface area contributed by atoms with E-state index in [0.29, 0.717) is 12.5 Å². The standard InChI is InChI=1S/C15H15N5O/c1-21-14-10-6-5-7-12(14)11-16-15-17-18-19-20(15)13-8-3-2-4-9-13/h2-10H,11H2,1H3,(H,16,17,19). The molecule has 6 heteroatoms. The van der Waals surface area contributed by atoms with Crippen molar-refractivity contribution >= 4 is 5.95 Å². The van der Waals surface area contributed by atoms with Gasteiger partial charge in [0.2, 0.25) is 5.95 Å². The number of tetrazole rings is 1. The predicted molar refractivity (Wildman–Crippen MR) is 79.5 cm³/mol. The van der Waals surface area contributed by atoms with Crippen molar-refractivity contribution in [1.29, 1.82) is 0 Å². The summed E-state index contributed by atoms with van der Waals surface area (Å²) in [6, 6.07) is 17.6. The number of methoxy groups -OCH3 is 1. The van der Waals surface area contributed by atoms with Crippen LogP contribution < -0.4 is 10.1 Å². The Hall–Kier alpha value is -2.89. The molecule has 1 aromatic heterocycles. The number of nitrogens with zero attached hydrogens (tertiary/aromatic N) is 4. The Labute approximate surface area is 122 Å². The van der Waals surface area contributed by atoms with E-state index in [1.54, 1.807) is 11.8 Å². The lowest BCUT2D eigenvalue weighted by molar-refractivity contribution is 0.410. The zero-order chi connectivity index (χ0) is 14.5. The molecular weight excluding hydrogens is 266 g/mol. The molecule has 0 aliphatic rings. The van der Waals surface area contributed by atoms with Gasteiger partial charge in [-0.25, -0.2) is 0 Å². The molecule has 0 spiro atoms. The average Bonchev–Trinajstić information content (AvgIpc) is 3.02. The van der Waals surface area contributed by atoms with Gasteiger partial charge in [-0.2, -0.15) is 4.68 Å². The third-order valence-corrected chi connectivity index (χ3v) is 3.10. The highest BCUT2D eigenvalue weighted by Crippen LogP contribution is 2.19. The minimum Gasteiger partial charge on any atom is -0.496 e. The lowest BCUT2D eigenvalue weighted by atomic mass is 10.2. The fraction of sp³-hybridized carbons (Fsp3) is 0.133. The van der Waals surface area contributed by atoms with Crippen molar-refractivity contribution in [3.8, 4) is 11.4 Å². The second kappa shape index (κ2) is 6.04. The highest BCUT2D eigenvalue weighted by atomic mass is 16.5. The molecule has 0 radical (unpaired) electrons. The van der Waals surface area contributed by atoms with E-state index in [1.807, 2.05) is 54.6 Å². The summed E-state index contributed by atoms with van der Waals surface area (Å²) in [6.45, 7) is 0.581. The Bertz CT molecular complexity index is 711. The van der Waals surface area contributed by atoms with Gasteiger partial charge in [0.15, 0.2) is 0 Å². The summed E-state index contributed by atoms with van der Waals surface area (Å²) >= 11 is 0. The molecule has 21 heavy (non-hydrogen) atoms. The summed E-state index contributed by atoms with van der Waals surface area (Å²) in [6.07, 6.45) is 0. The fourth-order valence-corrected chi connectivity index (χ4v) is 2.06. The van der Waals surface area contributed by atoms with Gasteiger partial charge >= 0.3 is 0 Å². The predicted octanol–water partition coefficient (Wildman–Crippen LogP) is 2.28. The van der Waals surface area contributed by atoms with Gasteiger partial charge in [0.05, 0.1) is 12.8 Å². The molecule has 1 N–H and O–H groups in total. The van der Waals surface area contributed by atoms with Crippen molar-refractivity contribution in [2.45, 2.75) is 6.54 Å². The quantitative estimate of drug-likeness (QED) is 0.777. The van der Waals surface area contributed by atoms with E-state index in [4.69, 9.17) is 4.74 Å². The maximum Gasteiger partial charge on any atom is 0.248 e. The minimum absolute atomic E-state index is 0.581. The summed E-state index contributed by atoms with van der Waals surface area (Å²) in [4.78, 5) is 0. The van der Waals surface area contributed by atoms with Crippen LogP contribution in [0.4, 0.5) is 5.95 Å². The summed E-state index contributed by atoms with van der Waals surface area (Å²) in [5.74, 6) is 1.43. The van der Waals surface area contributed by atoms with E-state index in [0.717, 1.165) is 17.0 Å². The third-order valence-electron chi connectivity index (χ3n) is 3.10. The van der Waals surface area contributed by atoms with Crippen molar-refractivity contribution < 1.29 is 4.74 Å². The lowest BCUT2D eigenvalue weighted by Crippen LogP contribution is -2.08. The van der Waals surface area contributed by atoms with Crippen LogP contribution in [-0.2, 0) is 6.54 Å². The largest absolute Gasteiger partial charge is 0.496 e. The monoisotopic (exact) mass is 281 g/mol. The maximum absolute atomic E-state index is 5.33. The van der Waals surface area contributed by atoms with Crippen LogP contribution in [0.3, 0.4) is 0 Å². The number of para-hydroxylation sites is 2. The number of rotatable bonds is 5. The number of hydrogen-bond acceptors (Lipinski definition) is 5. The van der Waals surface area contributed by atoms with Crippen LogP contribution in [-0.4, -0.2) is 27.3 Å². The van der Waals surface area contributed by atoms with Gasteiger partial charge in [-0.3, -0.25) is 0 Å². The normalized spacial score (nSPS) is 10.3. The highest BCUT2D eigenvalue weighted by Gasteiger charge is 2.08. The molecule has 3 aromatic rings. The van der Waals surface area contributed by atoms with Crippen molar-refractivity contribution in [2.24, 2.45) is 0 Å². The highest BCUT2D eigenvalue weighted by molar-refractivity contribution is 5.41. The molecular formula is C15H15N5O. The molecule has 0 saturated carbocycles. The maximum atomic E-state index is 5.33. The van der Waals surface area contributed by atoms with Gasteiger partial charge in [-0.05, 0) is 28.6 Å². The van der Waals surface area contributed by atoms with Crippen LogP contribution >= 0.6 is 0 Å². The Morgan fingerprint density at radius 2 is 1.81 bits per heavy atom. The van der Waals surface area contributed by atoms with Crippen molar-refractivity contribution in [3.05, 3.63) is 60.2 Å². The zero-order valence-corrected chi connectivity index (χ0v) is 11.6. The van der Waals surface area contributed by atoms with E-state index >= 15 is 0 Å². The van der Waals surface area contributed by atoms with E-state index < -0.39 is 0 Å². The van der Waals surface area contributed by atoms with E-state index in [9.17, 15) is 0 Å². The van der Waals surface area contributed by atoms with Gasteiger partial charge < -0.3 is 10.1 Å². The first-order valence-corrected chi connectivity index (χ1v) is 6.58. The van der Waals surface area contributed by atoms with E-state index in [-0.39, 0.29) is 0 Å². The lowest BCUT2D eigenvalue weighted by Gasteiger charge is -2.10. The second-order valence-corrected chi connectivity index (χ2v) is 4.42. The van der Waals surface area contributed by atoms with Crippen LogP contribution in [0.15, 0.2) is 54.6 Å². The molecule has 0 atom stereocenters. The SMILES string of the molecule is COc1ccccc1CNc1nnnn1-c1ccccc1. The van der Waals surface area contributed by atoms with Gasteiger partial charge in [0, 0.05) is 12.1 Å². The van der Waals surface area contributed by atoms with Gasteiger partial charge in [-0.15, -0.1) is 0 Å². The first kappa shape index (κ1) is 13.1. The number of anilines is 1. The smallest absolute Gasteiger partial charge is 0.248 e. The fourth-order valence-electron chi connectivity index (χ4n) is 2.06. The number of hydrogen-bond donors (Lipinski definition) is 1. The number of benzene rings is 2. The summed E-state index contributed by atoms with van der Waals surface area (Å²) in [5.41, 5.74) is 1.95. The molecule has 0 amide bonds. The molecule has 0 aliphatic heterocycles. The van der Waals surface area contributed by atoms with Crippen molar-refractivity contribution in [1.82, 2.24) is 20.2 Å². The molecule has 106 valence electrons. The molecule has 0 saturated heterocycles.